The largest absolute Gasteiger partial charge is 0.495 e. The van der Waals surface area contributed by atoms with Crippen molar-refractivity contribution in [2.45, 2.75) is 30.8 Å². The minimum Gasteiger partial charge on any atom is -0.495 e. The maximum absolute atomic E-state index is 13.4. The van der Waals surface area contributed by atoms with Crippen molar-refractivity contribution in [1.29, 1.82) is 0 Å². The fourth-order valence-electron chi connectivity index (χ4n) is 3.73. The van der Waals surface area contributed by atoms with Crippen molar-refractivity contribution in [2.24, 2.45) is 0 Å². The number of hydrogen-bond donors (Lipinski definition) is 2. The molecule has 3 rings (SSSR count). The van der Waals surface area contributed by atoms with Crippen molar-refractivity contribution in [3.8, 4) is 5.75 Å². The molecule has 1 amide bonds. The van der Waals surface area contributed by atoms with Crippen LogP contribution in [-0.2, 0) is 14.8 Å². The van der Waals surface area contributed by atoms with E-state index >= 15 is 0 Å². The van der Waals surface area contributed by atoms with E-state index in [0.29, 0.717) is 26.3 Å². The first-order chi connectivity index (χ1) is 15.7. The molecule has 10 heteroatoms. The number of hydrogen-bond acceptors (Lipinski definition) is 6. The predicted octanol–water partition coefficient (Wildman–Crippen LogP) is 2.32. The average Bonchev–Trinajstić information content (AvgIpc) is 2.79. The lowest BCUT2D eigenvalue weighted by Crippen LogP contribution is -2.43. The molecule has 180 valence electrons. The number of ether oxygens (including phenoxy) is 2. The SMILES string of the molecule is COc1ccc(C(=O)NCC(c2ccc(F)cc2)N2CCOCC2)cc1S(=O)(=O)NC(C)C. The summed E-state index contributed by atoms with van der Waals surface area (Å²) >= 11 is 0. The topological polar surface area (TPSA) is 97.0 Å². The first-order valence-corrected chi connectivity index (χ1v) is 12.3. The van der Waals surface area contributed by atoms with Gasteiger partial charge in [-0.2, -0.15) is 0 Å². The molecule has 33 heavy (non-hydrogen) atoms. The monoisotopic (exact) mass is 479 g/mol. The van der Waals surface area contributed by atoms with Crippen molar-refractivity contribution in [3.05, 3.63) is 59.4 Å². The molecule has 1 aliphatic heterocycles. The summed E-state index contributed by atoms with van der Waals surface area (Å²) in [5.74, 6) is -0.596. The van der Waals surface area contributed by atoms with Gasteiger partial charge in [-0.25, -0.2) is 17.5 Å². The highest BCUT2D eigenvalue weighted by atomic mass is 32.2. The highest BCUT2D eigenvalue weighted by Gasteiger charge is 2.25. The van der Waals surface area contributed by atoms with Crippen LogP contribution in [0.1, 0.15) is 35.8 Å². The van der Waals surface area contributed by atoms with E-state index in [4.69, 9.17) is 9.47 Å². The van der Waals surface area contributed by atoms with Crippen molar-refractivity contribution >= 4 is 15.9 Å². The van der Waals surface area contributed by atoms with Gasteiger partial charge in [0.05, 0.1) is 26.4 Å². The van der Waals surface area contributed by atoms with Crippen LogP contribution in [0.25, 0.3) is 0 Å². The van der Waals surface area contributed by atoms with Crippen LogP contribution in [0, 0.1) is 5.82 Å². The molecule has 0 radical (unpaired) electrons. The number of morpholine rings is 1. The maximum Gasteiger partial charge on any atom is 0.251 e. The molecule has 2 aromatic carbocycles. The lowest BCUT2D eigenvalue weighted by atomic mass is 10.0. The highest BCUT2D eigenvalue weighted by Crippen LogP contribution is 2.26. The van der Waals surface area contributed by atoms with E-state index in [0.717, 1.165) is 5.56 Å². The molecular formula is C23H30FN3O5S. The summed E-state index contributed by atoms with van der Waals surface area (Å²) < 4.78 is 52.0. The van der Waals surface area contributed by atoms with E-state index in [1.54, 1.807) is 26.0 Å². The van der Waals surface area contributed by atoms with Gasteiger partial charge in [0.25, 0.3) is 5.91 Å². The van der Waals surface area contributed by atoms with E-state index in [1.807, 2.05) is 0 Å². The first-order valence-electron chi connectivity index (χ1n) is 10.8. The van der Waals surface area contributed by atoms with E-state index in [1.165, 1.54) is 37.4 Å². The number of carbonyl (C=O) groups is 1. The second kappa shape index (κ2) is 11.1. The zero-order valence-electron chi connectivity index (χ0n) is 19.0. The number of halogens is 1. The average molecular weight is 480 g/mol. The van der Waals surface area contributed by atoms with E-state index < -0.39 is 15.9 Å². The number of nitrogens with zero attached hydrogens (tertiary/aromatic N) is 1. The van der Waals surface area contributed by atoms with Gasteiger partial charge in [0.15, 0.2) is 0 Å². The second-order valence-electron chi connectivity index (χ2n) is 8.07. The minimum atomic E-state index is -3.87. The van der Waals surface area contributed by atoms with Gasteiger partial charge in [-0.3, -0.25) is 9.69 Å². The second-order valence-corrected chi connectivity index (χ2v) is 9.75. The number of carbonyl (C=O) groups excluding carboxylic acids is 1. The molecule has 2 aromatic rings. The number of nitrogens with one attached hydrogen (secondary N) is 2. The van der Waals surface area contributed by atoms with Crippen LogP contribution < -0.4 is 14.8 Å². The molecule has 2 N–H and O–H groups in total. The van der Waals surface area contributed by atoms with Gasteiger partial charge < -0.3 is 14.8 Å². The van der Waals surface area contributed by atoms with Crippen LogP contribution in [0.3, 0.4) is 0 Å². The third-order valence-corrected chi connectivity index (χ3v) is 6.98. The van der Waals surface area contributed by atoms with Crippen molar-refractivity contribution in [1.82, 2.24) is 14.9 Å². The summed E-state index contributed by atoms with van der Waals surface area (Å²) in [5.41, 5.74) is 1.07. The number of rotatable bonds is 9. The van der Waals surface area contributed by atoms with Gasteiger partial charge in [-0.1, -0.05) is 12.1 Å². The van der Waals surface area contributed by atoms with Gasteiger partial charge in [-0.05, 0) is 49.7 Å². The smallest absolute Gasteiger partial charge is 0.251 e. The Morgan fingerprint density at radius 1 is 1.15 bits per heavy atom. The third kappa shape index (κ3) is 6.50. The first kappa shape index (κ1) is 25.1. The number of sulfonamides is 1. The van der Waals surface area contributed by atoms with E-state index in [9.17, 15) is 17.6 Å². The Bertz CT molecular complexity index is 1050. The van der Waals surface area contributed by atoms with Gasteiger partial charge in [0.1, 0.15) is 16.5 Å². The lowest BCUT2D eigenvalue weighted by molar-refractivity contribution is 0.0162. The van der Waals surface area contributed by atoms with Crippen LogP contribution in [0.5, 0.6) is 5.75 Å². The fourth-order valence-corrected chi connectivity index (χ4v) is 5.17. The standard InChI is InChI=1S/C23H30FN3O5S/c1-16(2)26-33(29,30)22-14-18(6-9-21(22)31-3)23(28)25-15-20(27-10-12-32-13-11-27)17-4-7-19(24)8-5-17/h4-9,14,16,20,26H,10-13,15H2,1-3H3,(H,25,28). The Balaban J connectivity index is 1.81. The Hall–Kier alpha value is -2.53. The molecule has 0 aromatic heterocycles. The van der Waals surface area contributed by atoms with E-state index in [-0.39, 0.29) is 40.7 Å². The molecule has 1 heterocycles. The van der Waals surface area contributed by atoms with Gasteiger partial charge in [-0.15, -0.1) is 0 Å². The summed E-state index contributed by atoms with van der Waals surface area (Å²) in [6, 6.07) is 9.99. The van der Waals surface area contributed by atoms with Crippen LogP contribution in [0.15, 0.2) is 47.4 Å². The molecule has 0 aliphatic carbocycles. The Labute approximate surface area is 194 Å². The van der Waals surface area contributed by atoms with Crippen molar-refractivity contribution in [2.75, 3.05) is 40.0 Å². The molecule has 0 spiro atoms. The van der Waals surface area contributed by atoms with Crippen molar-refractivity contribution in [3.63, 3.8) is 0 Å². The molecular weight excluding hydrogens is 449 g/mol. The summed E-state index contributed by atoms with van der Waals surface area (Å²) in [4.78, 5) is 15.0. The van der Waals surface area contributed by atoms with Crippen LogP contribution in [-0.4, -0.2) is 65.2 Å². The number of methoxy groups -OCH3 is 1. The van der Waals surface area contributed by atoms with Gasteiger partial charge in [0.2, 0.25) is 10.0 Å². The molecule has 1 saturated heterocycles. The lowest BCUT2D eigenvalue weighted by Gasteiger charge is -2.35. The highest BCUT2D eigenvalue weighted by molar-refractivity contribution is 7.89. The Morgan fingerprint density at radius 2 is 1.82 bits per heavy atom. The maximum atomic E-state index is 13.4. The summed E-state index contributed by atoms with van der Waals surface area (Å²) in [6.45, 7) is 6.21. The number of benzene rings is 2. The summed E-state index contributed by atoms with van der Waals surface area (Å²) in [7, 11) is -2.49. The van der Waals surface area contributed by atoms with Crippen LogP contribution in [0.4, 0.5) is 4.39 Å². The molecule has 0 bridgehead atoms. The normalized spacial score (nSPS) is 15.9. The molecule has 8 nitrogen and oxygen atoms in total. The van der Waals surface area contributed by atoms with Crippen LogP contribution >= 0.6 is 0 Å². The summed E-state index contributed by atoms with van der Waals surface area (Å²) in [5, 5.41) is 2.90. The number of amides is 1. The molecule has 1 aliphatic rings. The van der Waals surface area contributed by atoms with E-state index in [2.05, 4.69) is 14.9 Å². The predicted molar refractivity (Wildman–Crippen MR) is 122 cm³/mol. The Morgan fingerprint density at radius 3 is 2.42 bits per heavy atom. The van der Waals surface area contributed by atoms with Gasteiger partial charge >= 0.3 is 0 Å². The molecule has 1 atom stereocenters. The summed E-state index contributed by atoms with van der Waals surface area (Å²) in [6.07, 6.45) is 0. The third-order valence-electron chi connectivity index (χ3n) is 5.30. The van der Waals surface area contributed by atoms with Crippen LogP contribution in [0.2, 0.25) is 0 Å². The molecule has 1 unspecified atom stereocenters. The van der Waals surface area contributed by atoms with Crippen molar-refractivity contribution < 1.29 is 27.1 Å². The quantitative estimate of drug-likeness (QED) is 0.573. The minimum absolute atomic E-state index is 0.102. The molecule has 1 fully saturated rings. The Kier molecular flexibility index (Phi) is 8.41. The zero-order valence-corrected chi connectivity index (χ0v) is 19.8. The molecule has 0 saturated carbocycles. The fraction of sp³-hybridized carbons (Fsp3) is 0.435. The van der Waals surface area contributed by atoms with Gasteiger partial charge in [0, 0.05) is 31.2 Å². The zero-order chi connectivity index (χ0) is 24.0.